The summed E-state index contributed by atoms with van der Waals surface area (Å²) in [4.78, 5) is 8.75. The highest BCUT2D eigenvalue weighted by molar-refractivity contribution is 7.93. The quantitative estimate of drug-likeness (QED) is 0.656. The Morgan fingerprint density at radius 2 is 1.62 bits per heavy atom. The van der Waals surface area contributed by atoms with Gasteiger partial charge in [0.2, 0.25) is 4.34 Å². The molecular formula is C14H12Cl2N4O2S2. The average molecular weight is 403 g/mol. The Balaban J connectivity index is 2.33. The van der Waals surface area contributed by atoms with E-state index < -0.39 is 9.84 Å². The van der Waals surface area contributed by atoms with Crippen LogP contribution in [0.5, 0.6) is 0 Å². The molecule has 0 radical (unpaired) electrons. The van der Waals surface area contributed by atoms with Gasteiger partial charge < -0.3 is 0 Å². The Morgan fingerprint density at radius 3 is 2.12 bits per heavy atom. The second-order valence-electron chi connectivity index (χ2n) is 5.41. The second kappa shape index (κ2) is 6.18. The van der Waals surface area contributed by atoms with E-state index in [0.29, 0.717) is 26.8 Å². The molecule has 126 valence electrons. The van der Waals surface area contributed by atoms with E-state index in [9.17, 15) is 8.42 Å². The minimum absolute atomic E-state index is 0.101. The number of hydrogen-bond acceptors (Lipinski definition) is 7. The van der Waals surface area contributed by atoms with Crippen molar-refractivity contribution in [2.75, 3.05) is 0 Å². The molecule has 0 aliphatic heterocycles. The van der Waals surface area contributed by atoms with Crippen molar-refractivity contribution in [3.8, 4) is 0 Å². The Hall–Kier alpha value is -1.35. The Bertz CT molecular complexity index is 1050. The summed E-state index contributed by atoms with van der Waals surface area (Å²) in [7, 11) is -3.91. The van der Waals surface area contributed by atoms with Crippen LogP contribution in [0.3, 0.4) is 0 Å². The van der Waals surface area contributed by atoms with Crippen molar-refractivity contribution in [3.63, 3.8) is 0 Å². The SMILES string of the molecule is Cc1nnc(S(=O)(=O)c2nc3cc(Cl)c(Cl)cc3nc2C(C)C)s1. The number of benzene rings is 1. The van der Waals surface area contributed by atoms with Gasteiger partial charge in [0, 0.05) is 0 Å². The highest BCUT2D eigenvalue weighted by Gasteiger charge is 2.29. The van der Waals surface area contributed by atoms with Gasteiger partial charge in [0.15, 0.2) is 5.03 Å². The Morgan fingerprint density at radius 1 is 1.04 bits per heavy atom. The maximum atomic E-state index is 12.9. The van der Waals surface area contributed by atoms with Crippen LogP contribution in [0.1, 0.15) is 30.5 Å². The van der Waals surface area contributed by atoms with Gasteiger partial charge in [-0.05, 0) is 25.0 Å². The third kappa shape index (κ3) is 2.99. The molecule has 0 bridgehead atoms. The lowest BCUT2D eigenvalue weighted by Crippen LogP contribution is -2.11. The maximum absolute atomic E-state index is 12.9. The minimum Gasteiger partial charge on any atom is -0.248 e. The Labute approximate surface area is 152 Å². The van der Waals surface area contributed by atoms with E-state index >= 15 is 0 Å². The first-order valence-electron chi connectivity index (χ1n) is 6.92. The van der Waals surface area contributed by atoms with Crippen LogP contribution < -0.4 is 0 Å². The van der Waals surface area contributed by atoms with Gasteiger partial charge in [-0.3, -0.25) is 0 Å². The van der Waals surface area contributed by atoms with Crippen molar-refractivity contribution in [3.05, 3.63) is 32.9 Å². The van der Waals surface area contributed by atoms with E-state index in [1.807, 2.05) is 13.8 Å². The van der Waals surface area contributed by atoms with Crippen molar-refractivity contribution in [2.24, 2.45) is 0 Å². The number of sulfone groups is 1. The number of aryl methyl sites for hydroxylation is 1. The van der Waals surface area contributed by atoms with E-state index in [1.54, 1.807) is 13.0 Å². The van der Waals surface area contributed by atoms with Crippen molar-refractivity contribution in [2.45, 2.75) is 36.1 Å². The molecule has 6 nitrogen and oxygen atoms in total. The number of aromatic nitrogens is 4. The van der Waals surface area contributed by atoms with Crippen LogP contribution in [-0.2, 0) is 9.84 Å². The molecule has 0 atom stereocenters. The van der Waals surface area contributed by atoms with Gasteiger partial charge in [-0.25, -0.2) is 18.4 Å². The van der Waals surface area contributed by atoms with Gasteiger partial charge in [-0.1, -0.05) is 48.4 Å². The summed E-state index contributed by atoms with van der Waals surface area (Å²) in [5.41, 5.74) is 1.20. The van der Waals surface area contributed by atoms with Crippen LogP contribution in [0.15, 0.2) is 21.5 Å². The monoisotopic (exact) mass is 402 g/mol. The largest absolute Gasteiger partial charge is 0.254 e. The molecule has 0 unspecified atom stereocenters. The molecule has 0 fully saturated rings. The van der Waals surface area contributed by atoms with Crippen molar-refractivity contribution in [1.29, 1.82) is 0 Å². The lowest BCUT2D eigenvalue weighted by Gasteiger charge is -2.12. The molecule has 0 spiro atoms. The van der Waals surface area contributed by atoms with Gasteiger partial charge in [-0.2, -0.15) is 0 Å². The molecule has 10 heteroatoms. The van der Waals surface area contributed by atoms with Crippen LogP contribution in [-0.4, -0.2) is 28.6 Å². The highest BCUT2D eigenvalue weighted by Crippen LogP contribution is 2.32. The lowest BCUT2D eigenvalue weighted by atomic mass is 10.1. The predicted molar refractivity (Wildman–Crippen MR) is 93.7 cm³/mol. The molecule has 3 aromatic rings. The minimum atomic E-state index is -3.91. The molecule has 3 rings (SSSR count). The summed E-state index contributed by atoms with van der Waals surface area (Å²) >= 11 is 13.0. The molecule has 0 saturated carbocycles. The zero-order valence-corrected chi connectivity index (χ0v) is 16.1. The number of fused-ring (bicyclic) bond motifs is 1. The number of hydrogen-bond donors (Lipinski definition) is 0. The molecule has 24 heavy (non-hydrogen) atoms. The van der Waals surface area contributed by atoms with Gasteiger partial charge in [0.25, 0.3) is 9.84 Å². The van der Waals surface area contributed by atoms with E-state index in [0.717, 1.165) is 11.3 Å². The topological polar surface area (TPSA) is 85.7 Å². The van der Waals surface area contributed by atoms with Crippen LogP contribution in [0, 0.1) is 6.92 Å². The first kappa shape index (κ1) is 17.5. The van der Waals surface area contributed by atoms with Crippen LogP contribution in [0.2, 0.25) is 10.0 Å². The average Bonchev–Trinajstić information content (AvgIpc) is 2.94. The first-order chi connectivity index (χ1) is 11.2. The van der Waals surface area contributed by atoms with Gasteiger partial charge in [-0.15, -0.1) is 10.2 Å². The van der Waals surface area contributed by atoms with Gasteiger partial charge in [0.05, 0.1) is 26.8 Å². The highest BCUT2D eigenvalue weighted by atomic mass is 35.5. The normalized spacial score (nSPS) is 12.2. The molecule has 0 N–H and O–H groups in total. The molecule has 2 aromatic heterocycles. The standard InChI is InChI=1S/C14H12Cl2N4O2S2/c1-6(2)12-13(24(21,22)14-20-19-7(3)23-14)18-11-5-9(16)8(15)4-10(11)17-12/h4-6H,1-3H3. The third-order valence-corrected chi connectivity index (χ3v) is 6.85. The second-order valence-corrected chi connectivity index (χ2v) is 9.45. The fourth-order valence-corrected chi connectivity index (χ4v) is 4.95. The molecule has 0 aliphatic carbocycles. The van der Waals surface area contributed by atoms with E-state index in [-0.39, 0.29) is 20.3 Å². The summed E-state index contributed by atoms with van der Waals surface area (Å²) in [6.07, 6.45) is 0. The van der Waals surface area contributed by atoms with Crippen LogP contribution >= 0.6 is 34.5 Å². The van der Waals surface area contributed by atoms with Crippen molar-refractivity contribution >= 4 is 55.4 Å². The number of rotatable bonds is 3. The molecule has 1 aromatic carbocycles. The fraction of sp³-hybridized carbons (Fsp3) is 0.286. The lowest BCUT2D eigenvalue weighted by molar-refractivity contribution is 0.586. The fourth-order valence-electron chi connectivity index (χ4n) is 2.09. The van der Waals surface area contributed by atoms with Crippen molar-refractivity contribution < 1.29 is 8.42 Å². The number of nitrogens with zero attached hydrogens (tertiary/aromatic N) is 4. The molecule has 2 heterocycles. The summed E-state index contributed by atoms with van der Waals surface area (Å²) < 4.78 is 25.7. The molecular weight excluding hydrogens is 391 g/mol. The summed E-state index contributed by atoms with van der Waals surface area (Å²) in [6, 6.07) is 3.07. The third-order valence-electron chi connectivity index (χ3n) is 3.24. The van der Waals surface area contributed by atoms with E-state index in [2.05, 4.69) is 20.2 Å². The number of halogens is 2. The summed E-state index contributed by atoms with van der Waals surface area (Å²) in [5.74, 6) is -0.157. The molecule has 0 saturated heterocycles. The van der Waals surface area contributed by atoms with Crippen LogP contribution in [0.25, 0.3) is 11.0 Å². The molecule has 0 aliphatic rings. The predicted octanol–water partition coefficient (Wildman–Crippen LogP) is 4.05. The molecule has 0 amide bonds. The van der Waals surface area contributed by atoms with Crippen LogP contribution in [0.4, 0.5) is 0 Å². The van der Waals surface area contributed by atoms with Crippen molar-refractivity contribution in [1.82, 2.24) is 20.2 Å². The zero-order chi connectivity index (χ0) is 17.6. The Kier molecular flexibility index (Phi) is 4.50. The van der Waals surface area contributed by atoms with E-state index in [1.165, 1.54) is 6.07 Å². The maximum Gasteiger partial charge on any atom is 0.254 e. The van der Waals surface area contributed by atoms with E-state index in [4.69, 9.17) is 23.2 Å². The van der Waals surface area contributed by atoms with Gasteiger partial charge in [0.1, 0.15) is 5.01 Å². The summed E-state index contributed by atoms with van der Waals surface area (Å²) in [5, 5.41) is 8.57. The first-order valence-corrected chi connectivity index (χ1v) is 9.97. The zero-order valence-electron chi connectivity index (χ0n) is 12.9. The summed E-state index contributed by atoms with van der Waals surface area (Å²) in [6.45, 7) is 5.38. The smallest absolute Gasteiger partial charge is 0.248 e. The van der Waals surface area contributed by atoms with Gasteiger partial charge >= 0.3 is 0 Å².